The number of alkyl halides is 5. The molecule has 0 fully saturated rings. The van der Waals surface area contributed by atoms with Crippen LogP contribution in [0.2, 0.25) is 0 Å². The van der Waals surface area contributed by atoms with Gasteiger partial charge in [-0.2, -0.15) is 8.78 Å². The molecule has 0 radical (unpaired) electrons. The van der Waals surface area contributed by atoms with Gasteiger partial charge in [-0.15, -0.1) is 13.2 Å². The van der Waals surface area contributed by atoms with Crippen LogP contribution in [0.1, 0.15) is 6.92 Å². The maximum Gasteiger partial charge on any atom is 0.527 e. The zero-order valence-electron chi connectivity index (χ0n) is 9.35. The van der Waals surface area contributed by atoms with Gasteiger partial charge in [-0.25, -0.2) is 9.53 Å². The molecule has 0 rings (SSSR count). The number of esters is 1. The van der Waals surface area contributed by atoms with Crippen molar-refractivity contribution in [2.45, 2.75) is 19.4 Å². The summed E-state index contributed by atoms with van der Waals surface area (Å²) in [6, 6.07) is 0. The van der Waals surface area contributed by atoms with E-state index in [0.29, 0.717) is 0 Å². The SMILES string of the molecule is C=C(C)C(=O)OCCOCC(F)(F)OC(F)(F)F. The fourth-order valence-electron chi connectivity index (χ4n) is 0.706. The van der Waals surface area contributed by atoms with E-state index in [1.807, 2.05) is 0 Å². The second kappa shape index (κ2) is 6.64. The average molecular weight is 278 g/mol. The molecule has 0 aliphatic heterocycles. The van der Waals surface area contributed by atoms with E-state index in [4.69, 9.17) is 0 Å². The van der Waals surface area contributed by atoms with Gasteiger partial charge in [0.05, 0.1) is 6.61 Å². The highest BCUT2D eigenvalue weighted by Gasteiger charge is 2.45. The van der Waals surface area contributed by atoms with Crippen LogP contribution in [-0.4, -0.2) is 38.3 Å². The van der Waals surface area contributed by atoms with Crippen LogP contribution in [0.15, 0.2) is 12.2 Å². The molecule has 0 amide bonds. The number of ether oxygens (including phenoxy) is 3. The van der Waals surface area contributed by atoms with Crippen molar-refractivity contribution in [2.24, 2.45) is 0 Å². The van der Waals surface area contributed by atoms with Gasteiger partial charge in [0.15, 0.2) is 0 Å². The average Bonchev–Trinajstić information content (AvgIpc) is 2.12. The lowest BCUT2D eigenvalue weighted by atomic mass is 10.4. The molecule has 0 N–H and O–H groups in total. The maximum absolute atomic E-state index is 12.4. The zero-order chi connectivity index (χ0) is 14.4. The van der Waals surface area contributed by atoms with Gasteiger partial charge in [-0.1, -0.05) is 6.58 Å². The van der Waals surface area contributed by atoms with Gasteiger partial charge >= 0.3 is 18.4 Å². The minimum atomic E-state index is -5.46. The highest BCUT2D eigenvalue weighted by atomic mass is 19.4. The molecule has 0 atom stereocenters. The lowest BCUT2D eigenvalue weighted by Gasteiger charge is -2.18. The number of hydrogen-bond donors (Lipinski definition) is 0. The van der Waals surface area contributed by atoms with Gasteiger partial charge in [-0.05, 0) is 6.92 Å². The Morgan fingerprint density at radius 2 is 1.72 bits per heavy atom. The summed E-state index contributed by atoms with van der Waals surface area (Å²) in [5.41, 5.74) is 0.0979. The largest absolute Gasteiger partial charge is 0.527 e. The second-order valence-corrected chi connectivity index (χ2v) is 3.15. The molecule has 18 heavy (non-hydrogen) atoms. The van der Waals surface area contributed by atoms with Gasteiger partial charge in [0, 0.05) is 5.57 Å². The van der Waals surface area contributed by atoms with E-state index >= 15 is 0 Å². The number of carbonyl (C=O) groups is 1. The number of rotatable bonds is 7. The first kappa shape index (κ1) is 16.8. The highest BCUT2D eigenvalue weighted by Crippen LogP contribution is 2.27. The first-order valence-electron chi connectivity index (χ1n) is 4.58. The highest BCUT2D eigenvalue weighted by molar-refractivity contribution is 5.86. The Morgan fingerprint density at radius 1 is 1.17 bits per heavy atom. The van der Waals surface area contributed by atoms with Crippen molar-refractivity contribution in [2.75, 3.05) is 19.8 Å². The van der Waals surface area contributed by atoms with E-state index in [9.17, 15) is 26.7 Å². The van der Waals surface area contributed by atoms with Crippen LogP contribution in [-0.2, 0) is 19.0 Å². The maximum atomic E-state index is 12.4. The van der Waals surface area contributed by atoms with E-state index in [-0.39, 0.29) is 12.2 Å². The Morgan fingerprint density at radius 3 is 2.17 bits per heavy atom. The van der Waals surface area contributed by atoms with Crippen LogP contribution in [0, 0.1) is 0 Å². The molecule has 106 valence electrons. The quantitative estimate of drug-likeness (QED) is 0.310. The van der Waals surface area contributed by atoms with E-state index in [1.54, 1.807) is 0 Å². The van der Waals surface area contributed by atoms with Gasteiger partial charge in [0.1, 0.15) is 13.2 Å². The fraction of sp³-hybridized carbons (Fsp3) is 0.667. The van der Waals surface area contributed by atoms with Crippen molar-refractivity contribution in [3.63, 3.8) is 0 Å². The van der Waals surface area contributed by atoms with Crippen LogP contribution >= 0.6 is 0 Å². The Labute approximate surface area is 99.3 Å². The molecule has 0 unspecified atom stereocenters. The van der Waals surface area contributed by atoms with Crippen LogP contribution in [0.5, 0.6) is 0 Å². The molecule has 0 aliphatic carbocycles. The van der Waals surface area contributed by atoms with E-state index in [2.05, 4.69) is 20.8 Å². The van der Waals surface area contributed by atoms with Gasteiger partial charge < -0.3 is 9.47 Å². The number of hydrogen-bond acceptors (Lipinski definition) is 4. The van der Waals surface area contributed by atoms with Crippen LogP contribution in [0.3, 0.4) is 0 Å². The lowest BCUT2D eigenvalue weighted by Crippen LogP contribution is -2.34. The third-order valence-electron chi connectivity index (χ3n) is 1.34. The summed E-state index contributed by atoms with van der Waals surface area (Å²) in [5, 5.41) is 0. The molecule has 0 saturated carbocycles. The van der Waals surface area contributed by atoms with E-state index < -0.39 is 31.7 Å². The predicted octanol–water partition coefficient (Wildman–Crippen LogP) is 2.25. The molecule has 0 heterocycles. The summed E-state index contributed by atoms with van der Waals surface area (Å²) >= 11 is 0. The van der Waals surface area contributed by atoms with Crippen molar-refractivity contribution < 1.29 is 41.0 Å². The molecular weight excluding hydrogens is 267 g/mol. The molecule has 4 nitrogen and oxygen atoms in total. The van der Waals surface area contributed by atoms with Crippen molar-refractivity contribution in [3.8, 4) is 0 Å². The smallest absolute Gasteiger partial charge is 0.460 e. The Hall–Kier alpha value is -1.22. The fourth-order valence-corrected chi connectivity index (χ4v) is 0.706. The summed E-state index contributed by atoms with van der Waals surface area (Å²) in [6.45, 7) is 2.15. The number of carbonyl (C=O) groups excluding carboxylic acids is 1. The topological polar surface area (TPSA) is 44.8 Å². The molecule has 0 aromatic heterocycles. The summed E-state index contributed by atoms with van der Waals surface area (Å²) in [4.78, 5) is 10.8. The van der Waals surface area contributed by atoms with Gasteiger partial charge in [-0.3, -0.25) is 0 Å². The summed E-state index contributed by atoms with van der Waals surface area (Å²) in [7, 11) is 0. The van der Waals surface area contributed by atoms with Gasteiger partial charge in [0.2, 0.25) is 0 Å². The third kappa shape index (κ3) is 8.88. The summed E-state index contributed by atoms with van der Waals surface area (Å²) < 4.78 is 70.5. The van der Waals surface area contributed by atoms with Crippen molar-refractivity contribution in [1.82, 2.24) is 0 Å². The molecule has 0 saturated heterocycles. The van der Waals surface area contributed by atoms with Crippen molar-refractivity contribution in [3.05, 3.63) is 12.2 Å². The monoisotopic (exact) mass is 278 g/mol. The summed E-state index contributed by atoms with van der Waals surface area (Å²) in [5.74, 6) is -0.753. The van der Waals surface area contributed by atoms with Crippen LogP contribution in [0.4, 0.5) is 22.0 Å². The Bertz CT molecular complexity index is 300. The first-order chi connectivity index (χ1) is 8.03. The minimum Gasteiger partial charge on any atom is -0.460 e. The second-order valence-electron chi connectivity index (χ2n) is 3.15. The number of halogens is 5. The third-order valence-corrected chi connectivity index (χ3v) is 1.34. The predicted molar refractivity (Wildman–Crippen MR) is 48.7 cm³/mol. The molecule has 0 aromatic carbocycles. The zero-order valence-corrected chi connectivity index (χ0v) is 9.35. The standard InChI is InChI=1S/C9H11F5O4/c1-6(2)7(15)17-4-3-16-5-8(10,11)18-9(12,13)14/h1,3-5H2,2H3. The first-order valence-corrected chi connectivity index (χ1v) is 4.58. The molecule has 0 spiro atoms. The van der Waals surface area contributed by atoms with E-state index in [1.165, 1.54) is 6.92 Å². The van der Waals surface area contributed by atoms with Crippen molar-refractivity contribution in [1.29, 1.82) is 0 Å². The Balaban J connectivity index is 3.78. The van der Waals surface area contributed by atoms with Crippen LogP contribution < -0.4 is 0 Å². The van der Waals surface area contributed by atoms with Crippen molar-refractivity contribution >= 4 is 5.97 Å². The molecule has 0 bridgehead atoms. The van der Waals surface area contributed by atoms with E-state index in [0.717, 1.165) is 0 Å². The molecule has 0 aromatic rings. The Kier molecular flexibility index (Phi) is 6.19. The van der Waals surface area contributed by atoms with Crippen LogP contribution in [0.25, 0.3) is 0 Å². The normalized spacial score (nSPS) is 12.3. The molecule has 0 aliphatic rings. The minimum absolute atomic E-state index is 0.0979. The molecule has 9 heteroatoms. The lowest BCUT2D eigenvalue weighted by molar-refractivity contribution is -0.431. The van der Waals surface area contributed by atoms with Gasteiger partial charge in [0.25, 0.3) is 0 Å². The summed E-state index contributed by atoms with van der Waals surface area (Å²) in [6.07, 6.45) is -9.95. The molecular formula is C9H11F5O4.